The number of unbranched alkanes of at least 4 members (excludes halogenated alkanes) is 30. The first-order valence-corrected chi connectivity index (χ1v) is 25.7. The standard InChI is InChI=1S/C53H99NO5/c1-3-5-7-9-11-13-15-22-27-31-35-39-43-47-53(58)59-48-44-40-36-32-28-24-21-19-17-18-20-23-26-30-34-38-42-46-52(57)54-50(49-55)51(56)45-41-37-33-29-25-16-14-12-10-8-6-4-2/h7,9,13,15,17,19,50-51,55-56H,3-6,8,10-12,14,16,18,20-49H2,1-2H3,(H,54,57)/b9-7-,15-13-,19-17-. The largest absolute Gasteiger partial charge is 0.466 e. The highest BCUT2D eigenvalue weighted by atomic mass is 16.5. The monoisotopic (exact) mass is 830 g/mol. The van der Waals surface area contributed by atoms with Crippen molar-refractivity contribution in [2.45, 2.75) is 276 Å². The predicted octanol–water partition coefficient (Wildman–Crippen LogP) is 15.3. The molecule has 6 heteroatoms. The average Bonchev–Trinajstić information content (AvgIpc) is 3.24. The van der Waals surface area contributed by atoms with Crippen LogP contribution in [0.3, 0.4) is 0 Å². The molecule has 0 aromatic carbocycles. The van der Waals surface area contributed by atoms with Crippen LogP contribution in [0.4, 0.5) is 0 Å². The lowest BCUT2D eigenvalue weighted by Gasteiger charge is -2.22. The van der Waals surface area contributed by atoms with Crippen molar-refractivity contribution in [1.82, 2.24) is 5.32 Å². The van der Waals surface area contributed by atoms with E-state index in [1.54, 1.807) is 0 Å². The molecule has 6 nitrogen and oxygen atoms in total. The van der Waals surface area contributed by atoms with Gasteiger partial charge >= 0.3 is 5.97 Å². The first-order valence-electron chi connectivity index (χ1n) is 25.7. The van der Waals surface area contributed by atoms with Crippen LogP contribution in [0, 0.1) is 0 Å². The summed E-state index contributed by atoms with van der Waals surface area (Å²) >= 11 is 0. The minimum absolute atomic E-state index is 0.0178. The fourth-order valence-electron chi connectivity index (χ4n) is 7.67. The van der Waals surface area contributed by atoms with Crippen LogP contribution in [-0.4, -0.2) is 47.4 Å². The van der Waals surface area contributed by atoms with Crippen molar-refractivity contribution in [2.75, 3.05) is 13.2 Å². The Labute approximate surface area is 366 Å². The molecule has 0 fully saturated rings. The Hall–Kier alpha value is -1.92. The number of esters is 1. The molecule has 0 bridgehead atoms. The van der Waals surface area contributed by atoms with Gasteiger partial charge in [0, 0.05) is 12.8 Å². The summed E-state index contributed by atoms with van der Waals surface area (Å²) in [5, 5.41) is 23.2. The second-order valence-electron chi connectivity index (χ2n) is 17.5. The molecule has 0 aliphatic heterocycles. The Balaban J connectivity index is 3.47. The maximum Gasteiger partial charge on any atom is 0.305 e. The van der Waals surface area contributed by atoms with Gasteiger partial charge in [0.25, 0.3) is 0 Å². The molecule has 0 saturated carbocycles. The normalized spacial score (nSPS) is 12.9. The summed E-state index contributed by atoms with van der Waals surface area (Å²) in [5.41, 5.74) is 0. The van der Waals surface area contributed by atoms with Crippen molar-refractivity contribution >= 4 is 11.9 Å². The highest BCUT2D eigenvalue weighted by Crippen LogP contribution is 2.16. The molecule has 0 spiro atoms. The fraction of sp³-hybridized carbons (Fsp3) is 0.849. The summed E-state index contributed by atoms with van der Waals surface area (Å²) in [7, 11) is 0. The maximum atomic E-state index is 12.4. The van der Waals surface area contributed by atoms with Gasteiger partial charge in [-0.2, -0.15) is 0 Å². The number of allylic oxidation sites excluding steroid dienone is 6. The Kier molecular flexibility index (Phi) is 47.2. The summed E-state index contributed by atoms with van der Waals surface area (Å²) < 4.78 is 5.44. The van der Waals surface area contributed by atoms with Crippen LogP contribution in [0.1, 0.15) is 264 Å². The molecule has 0 rings (SSSR count). The summed E-state index contributed by atoms with van der Waals surface area (Å²) in [5.74, 6) is -0.0667. The zero-order valence-electron chi connectivity index (χ0n) is 39.2. The van der Waals surface area contributed by atoms with Crippen molar-refractivity contribution < 1.29 is 24.5 Å². The molecule has 0 aromatic rings. The highest BCUT2D eigenvalue weighted by Gasteiger charge is 2.20. The van der Waals surface area contributed by atoms with E-state index in [1.165, 1.54) is 167 Å². The van der Waals surface area contributed by atoms with E-state index < -0.39 is 12.1 Å². The van der Waals surface area contributed by atoms with Gasteiger partial charge in [0.15, 0.2) is 0 Å². The van der Waals surface area contributed by atoms with Gasteiger partial charge in [-0.25, -0.2) is 0 Å². The second kappa shape index (κ2) is 48.7. The first-order chi connectivity index (χ1) is 29.0. The third-order valence-electron chi connectivity index (χ3n) is 11.6. The van der Waals surface area contributed by atoms with Gasteiger partial charge in [0.05, 0.1) is 25.4 Å². The zero-order valence-corrected chi connectivity index (χ0v) is 39.2. The lowest BCUT2D eigenvalue weighted by atomic mass is 10.0. The first kappa shape index (κ1) is 57.1. The number of aliphatic hydroxyl groups is 2. The number of hydrogen-bond donors (Lipinski definition) is 3. The smallest absolute Gasteiger partial charge is 0.305 e. The van der Waals surface area contributed by atoms with E-state index >= 15 is 0 Å². The number of nitrogens with one attached hydrogen (secondary N) is 1. The number of amides is 1. The molecule has 0 aromatic heterocycles. The topological polar surface area (TPSA) is 95.9 Å². The maximum absolute atomic E-state index is 12.4. The van der Waals surface area contributed by atoms with Crippen molar-refractivity contribution in [1.29, 1.82) is 0 Å². The third-order valence-corrected chi connectivity index (χ3v) is 11.6. The number of aliphatic hydroxyl groups excluding tert-OH is 2. The highest BCUT2D eigenvalue weighted by molar-refractivity contribution is 5.76. The molecule has 0 radical (unpaired) electrons. The van der Waals surface area contributed by atoms with Gasteiger partial charge in [-0.15, -0.1) is 0 Å². The molecule has 1 amide bonds. The van der Waals surface area contributed by atoms with Crippen LogP contribution in [0.5, 0.6) is 0 Å². The summed E-state index contributed by atoms with van der Waals surface area (Å²) in [6.45, 7) is 4.85. The fourth-order valence-corrected chi connectivity index (χ4v) is 7.67. The molecule has 2 unspecified atom stereocenters. The minimum atomic E-state index is -0.671. The lowest BCUT2D eigenvalue weighted by molar-refractivity contribution is -0.143. The molecule has 0 aliphatic rings. The van der Waals surface area contributed by atoms with Crippen molar-refractivity contribution in [2.24, 2.45) is 0 Å². The molecule has 59 heavy (non-hydrogen) atoms. The van der Waals surface area contributed by atoms with Gasteiger partial charge in [0.1, 0.15) is 0 Å². The number of hydrogen-bond acceptors (Lipinski definition) is 5. The summed E-state index contributed by atoms with van der Waals surface area (Å²) in [4.78, 5) is 24.4. The van der Waals surface area contributed by atoms with Gasteiger partial charge in [0.2, 0.25) is 5.91 Å². The number of carbonyl (C=O) groups is 2. The van der Waals surface area contributed by atoms with Gasteiger partial charge in [-0.3, -0.25) is 9.59 Å². The van der Waals surface area contributed by atoms with E-state index in [2.05, 4.69) is 55.6 Å². The van der Waals surface area contributed by atoms with Gasteiger partial charge in [-0.05, 0) is 77.0 Å². The molecular weight excluding hydrogens is 731 g/mol. The predicted molar refractivity (Wildman–Crippen MR) is 255 cm³/mol. The molecule has 0 saturated heterocycles. The van der Waals surface area contributed by atoms with E-state index in [0.29, 0.717) is 25.9 Å². The van der Waals surface area contributed by atoms with Crippen LogP contribution >= 0.6 is 0 Å². The SMILES string of the molecule is CCC/C=C\C/C=C\CCCCCCCC(=O)OCCCCCCCC/C=C\CCCCCCCCCC(=O)NC(CO)C(O)CCCCCCCCCCCCCC. The molecule has 3 N–H and O–H groups in total. The van der Waals surface area contributed by atoms with E-state index in [9.17, 15) is 19.8 Å². The molecule has 346 valence electrons. The van der Waals surface area contributed by atoms with E-state index in [0.717, 1.165) is 64.2 Å². The Morgan fingerprint density at radius 2 is 0.881 bits per heavy atom. The van der Waals surface area contributed by atoms with Crippen LogP contribution in [0.25, 0.3) is 0 Å². The van der Waals surface area contributed by atoms with Crippen LogP contribution in [0.15, 0.2) is 36.5 Å². The van der Waals surface area contributed by atoms with E-state index in [1.807, 2.05) is 0 Å². The number of carbonyl (C=O) groups excluding carboxylic acids is 2. The lowest BCUT2D eigenvalue weighted by Crippen LogP contribution is -2.45. The van der Waals surface area contributed by atoms with E-state index in [-0.39, 0.29) is 18.5 Å². The van der Waals surface area contributed by atoms with Crippen molar-refractivity contribution in [3.8, 4) is 0 Å². The van der Waals surface area contributed by atoms with Gasteiger partial charge in [-0.1, -0.05) is 211 Å². The molecule has 0 heterocycles. The minimum Gasteiger partial charge on any atom is -0.466 e. The van der Waals surface area contributed by atoms with Gasteiger partial charge < -0.3 is 20.3 Å². The van der Waals surface area contributed by atoms with Crippen LogP contribution in [0.2, 0.25) is 0 Å². The molecule has 2 atom stereocenters. The second-order valence-corrected chi connectivity index (χ2v) is 17.5. The molecule has 0 aliphatic carbocycles. The Morgan fingerprint density at radius 3 is 1.37 bits per heavy atom. The van der Waals surface area contributed by atoms with E-state index in [4.69, 9.17) is 4.74 Å². The quantitative estimate of drug-likeness (QED) is 0.0323. The molecular formula is C53H99NO5. The summed E-state index contributed by atoms with van der Waals surface area (Å²) in [6.07, 6.45) is 58.3. The van der Waals surface area contributed by atoms with Crippen molar-refractivity contribution in [3.05, 3.63) is 36.5 Å². The number of ether oxygens (including phenoxy) is 1. The van der Waals surface area contributed by atoms with Crippen molar-refractivity contribution in [3.63, 3.8) is 0 Å². The Morgan fingerprint density at radius 1 is 0.475 bits per heavy atom. The summed E-state index contributed by atoms with van der Waals surface area (Å²) in [6, 6.07) is -0.550. The number of rotatable bonds is 47. The van der Waals surface area contributed by atoms with Crippen LogP contribution < -0.4 is 5.32 Å². The average molecular weight is 830 g/mol. The Bertz CT molecular complexity index is 962. The van der Waals surface area contributed by atoms with Crippen LogP contribution in [-0.2, 0) is 14.3 Å². The third kappa shape index (κ3) is 45.4. The zero-order chi connectivity index (χ0) is 43.0.